The molecule has 1 aromatic rings. The lowest BCUT2D eigenvalue weighted by Crippen LogP contribution is -2.31. The molecule has 0 spiro atoms. The standard InChI is InChI=1S/C13H21FN2O2S/c1-11(9-12-5-3-6-13(14)10-12)15-7-4-8-16-19(2,17)18/h3,5-6,10-11,15-16H,4,7-9H2,1-2H3. The minimum absolute atomic E-state index is 0.220. The van der Waals surface area contributed by atoms with Crippen LogP contribution in [0.15, 0.2) is 24.3 Å². The first kappa shape index (κ1) is 16.1. The lowest BCUT2D eigenvalue weighted by Gasteiger charge is -2.14. The Bertz CT molecular complexity index is 491. The van der Waals surface area contributed by atoms with Crippen LogP contribution in [0.5, 0.6) is 0 Å². The van der Waals surface area contributed by atoms with Crippen LogP contribution in [0.2, 0.25) is 0 Å². The Morgan fingerprint density at radius 3 is 2.68 bits per heavy atom. The first-order valence-corrected chi connectivity index (χ1v) is 8.18. The van der Waals surface area contributed by atoms with Crippen LogP contribution in [0.1, 0.15) is 18.9 Å². The molecule has 6 heteroatoms. The van der Waals surface area contributed by atoms with Crippen LogP contribution < -0.4 is 10.0 Å². The van der Waals surface area contributed by atoms with Crippen molar-refractivity contribution in [2.45, 2.75) is 25.8 Å². The summed E-state index contributed by atoms with van der Waals surface area (Å²) in [5.74, 6) is -0.220. The van der Waals surface area contributed by atoms with Crippen LogP contribution in [-0.2, 0) is 16.4 Å². The highest BCUT2D eigenvalue weighted by atomic mass is 32.2. The number of hydrogen-bond acceptors (Lipinski definition) is 3. The molecule has 0 saturated carbocycles. The first-order valence-electron chi connectivity index (χ1n) is 6.29. The van der Waals surface area contributed by atoms with Gasteiger partial charge in [-0.1, -0.05) is 12.1 Å². The lowest BCUT2D eigenvalue weighted by atomic mass is 10.1. The van der Waals surface area contributed by atoms with Crippen molar-refractivity contribution in [2.24, 2.45) is 0 Å². The van der Waals surface area contributed by atoms with Crippen molar-refractivity contribution in [1.82, 2.24) is 10.0 Å². The number of halogens is 1. The Morgan fingerprint density at radius 1 is 1.32 bits per heavy atom. The van der Waals surface area contributed by atoms with Gasteiger partial charge >= 0.3 is 0 Å². The normalized spacial score (nSPS) is 13.4. The average molecular weight is 288 g/mol. The van der Waals surface area contributed by atoms with E-state index in [4.69, 9.17) is 0 Å². The fourth-order valence-corrected chi connectivity index (χ4v) is 2.30. The zero-order valence-corrected chi connectivity index (χ0v) is 12.1. The fourth-order valence-electron chi connectivity index (χ4n) is 1.78. The molecule has 1 aromatic carbocycles. The molecule has 0 radical (unpaired) electrons. The summed E-state index contributed by atoms with van der Waals surface area (Å²) in [7, 11) is -3.10. The van der Waals surface area contributed by atoms with Gasteiger partial charge in [0.1, 0.15) is 5.82 Å². The molecule has 0 amide bonds. The van der Waals surface area contributed by atoms with Crippen molar-refractivity contribution in [3.63, 3.8) is 0 Å². The van der Waals surface area contributed by atoms with Crippen LogP contribution in [0, 0.1) is 5.82 Å². The molecule has 2 N–H and O–H groups in total. The third-order valence-corrected chi connectivity index (χ3v) is 3.37. The van der Waals surface area contributed by atoms with Gasteiger partial charge in [0, 0.05) is 12.6 Å². The molecule has 1 unspecified atom stereocenters. The summed E-state index contributed by atoms with van der Waals surface area (Å²) in [6, 6.07) is 6.78. The Balaban J connectivity index is 2.20. The van der Waals surface area contributed by atoms with E-state index in [2.05, 4.69) is 10.0 Å². The summed E-state index contributed by atoms with van der Waals surface area (Å²) >= 11 is 0. The lowest BCUT2D eigenvalue weighted by molar-refractivity contribution is 0.527. The van der Waals surface area contributed by atoms with Crippen molar-refractivity contribution in [1.29, 1.82) is 0 Å². The van der Waals surface area contributed by atoms with Gasteiger partial charge in [-0.05, 0) is 44.0 Å². The van der Waals surface area contributed by atoms with E-state index >= 15 is 0 Å². The third-order valence-electron chi connectivity index (χ3n) is 2.64. The summed E-state index contributed by atoms with van der Waals surface area (Å²) in [5.41, 5.74) is 0.953. The van der Waals surface area contributed by atoms with Crippen molar-refractivity contribution in [3.05, 3.63) is 35.6 Å². The smallest absolute Gasteiger partial charge is 0.208 e. The second kappa shape index (κ2) is 7.57. The maximum Gasteiger partial charge on any atom is 0.208 e. The number of benzene rings is 1. The summed E-state index contributed by atoms with van der Waals surface area (Å²) in [6.07, 6.45) is 2.62. The molecule has 0 aromatic heterocycles. The van der Waals surface area contributed by atoms with Crippen LogP contribution in [0.4, 0.5) is 4.39 Å². The van der Waals surface area contributed by atoms with Crippen molar-refractivity contribution in [2.75, 3.05) is 19.3 Å². The van der Waals surface area contributed by atoms with E-state index in [-0.39, 0.29) is 11.9 Å². The maximum absolute atomic E-state index is 13.0. The van der Waals surface area contributed by atoms with Crippen LogP contribution in [-0.4, -0.2) is 33.8 Å². The molecule has 4 nitrogen and oxygen atoms in total. The van der Waals surface area contributed by atoms with Crippen molar-refractivity contribution < 1.29 is 12.8 Å². The summed E-state index contributed by atoms with van der Waals surface area (Å²) in [6.45, 7) is 3.17. The minimum Gasteiger partial charge on any atom is -0.314 e. The molecule has 0 aliphatic heterocycles. The molecule has 0 heterocycles. The number of rotatable bonds is 8. The summed E-state index contributed by atoms with van der Waals surface area (Å²) < 4.78 is 37.1. The van der Waals surface area contributed by atoms with Crippen molar-refractivity contribution >= 4 is 10.0 Å². The highest BCUT2D eigenvalue weighted by Crippen LogP contribution is 2.06. The van der Waals surface area contributed by atoms with Gasteiger partial charge in [0.15, 0.2) is 0 Å². The van der Waals surface area contributed by atoms with E-state index in [9.17, 15) is 12.8 Å². The van der Waals surface area contributed by atoms with Crippen LogP contribution in [0.25, 0.3) is 0 Å². The highest BCUT2D eigenvalue weighted by Gasteiger charge is 2.04. The van der Waals surface area contributed by atoms with E-state index in [1.165, 1.54) is 12.1 Å². The van der Waals surface area contributed by atoms with Gasteiger partial charge < -0.3 is 5.32 Å². The average Bonchev–Trinajstić information content (AvgIpc) is 2.26. The molecule has 0 saturated heterocycles. The predicted octanol–water partition coefficient (Wildman–Crippen LogP) is 1.29. The largest absolute Gasteiger partial charge is 0.314 e. The van der Waals surface area contributed by atoms with Gasteiger partial charge in [-0.15, -0.1) is 0 Å². The number of hydrogen-bond donors (Lipinski definition) is 2. The van der Waals surface area contributed by atoms with Gasteiger partial charge in [-0.3, -0.25) is 0 Å². The zero-order chi connectivity index (χ0) is 14.3. The molecular weight excluding hydrogens is 267 g/mol. The van der Waals surface area contributed by atoms with Gasteiger partial charge in [-0.25, -0.2) is 17.5 Å². The molecule has 0 aliphatic rings. The monoisotopic (exact) mass is 288 g/mol. The second-order valence-corrected chi connectivity index (χ2v) is 6.54. The Morgan fingerprint density at radius 2 is 2.05 bits per heavy atom. The number of sulfonamides is 1. The molecule has 19 heavy (non-hydrogen) atoms. The Kier molecular flexibility index (Phi) is 6.41. The predicted molar refractivity (Wildman–Crippen MR) is 75.0 cm³/mol. The van der Waals surface area contributed by atoms with E-state index in [1.807, 2.05) is 13.0 Å². The highest BCUT2D eigenvalue weighted by molar-refractivity contribution is 7.88. The quantitative estimate of drug-likeness (QED) is 0.709. The van der Waals surface area contributed by atoms with Crippen LogP contribution >= 0.6 is 0 Å². The van der Waals surface area contributed by atoms with Crippen LogP contribution in [0.3, 0.4) is 0 Å². The molecule has 0 aliphatic carbocycles. The molecule has 1 atom stereocenters. The Labute approximate surface area is 114 Å². The van der Waals surface area contributed by atoms with E-state index < -0.39 is 10.0 Å². The van der Waals surface area contributed by atoms with E-state index in [0.29, 0.717) is 6.54 Å². The number of nitrogens with one attached hydrogen (secondary N) is 2. The van der Waals surface area contributed by atoms with Crippen molar-refractivity contribution in [3.8, 4) is 0 Å². The molecule has 1 rings (SSSR count). The fraction of sp³-hybridized carbons (Fsp3) is 0.538. The molecule has 0 bridgehead atoms. The van der Waals surface area contributed by atoms with Gasteiger partial charge in [0.05, 0.1) is 6.26 Å². The molecule has 0 fully saturated rings. The molecule has 108 valence electrons. The van der Waals surface area contributed by atoms with E-state index in [1.54, 1.807) is 6.07 Å². The first-order chi connectivity index (χ1) is 8.87. The zero-order valence-electron chi connectivity index (χ0n) is 11.3. The third kappa shape index (κ3) is 7.92. The van der Waals surface area contributed by atoms with E-state index in [0.717, 1.165) is 31.2 Å². The Hall–Kier alpha value is -0.980. The van der Waals surface area contributed by atoms with Gasteiger partial charge in [0.25, 0.3) is 0 Å². The molecular formula is C13H21FN2O2S. The van der Waals surface area contributed by atoms with Gasteiger partial charge in [-0.2, -0.15) is 0 Å². The second-order valence-electron chi connectivity index (χ2n) is 4.71. The summed E-state index contributed by atoms with van der Waals surface area (Å²) in [5, 5.41) is 3.28. The SMILES string of the molecule is CC(Cc1cccc(F)c1)NCCCNS(C)(=O)=O. The van der Waals surface area contributed by atoms with Gasteiger partial charge in [0.2, 0.25) is 10.0 Å². The summed E-state index contributed by atoms with van der Waals surface area (Å²) in [4.78, 5) is 0. The minimum atomic E-state index is -3.10. The topological polar surface area (TPSA) is 58.2 Å². The maximum atomic E-state index is 13.0.